The number of carbonyl (C=O) groups excluding carboxylic acids is 5. The number of alkyl halides is 2. The van der Waals surface area contributed by atoms with Gasteiger partial charge in [0, 0.05) is 23.9 Å². The summed E-state index contributed by atoms with van der Waals surface area (Å²) in [5, 5.41) is 10.4. The van der Waals surface area contributed by atoms with E-state index in [1.807, 2.05) is 6.92 Å². The zero-order chi connectivity index (χ0) is 35.3. The number of Topliss-reactive ketones (excluding diaryl/α,β-unsaturated/α-hetero) is 1. The standard InChI is InChI=1S/C32H45Cl2N5O7S/c1-17-8-12-19(13-9-17)47(45,46)16-35-27(42)24(40)21(14-18-10-11-18)36-26(41)23-22-20(32(22,33)34)15-39(23)28(43)25(30(2,3)4)37-29(44)38-31(5,6)7/h8-9,12-13,18,20-23,25H,10-11,14-16H2,1-7H3,(H,35,42)(H,36,41)(H2,37,38,44)/t20-,21-,22-,23-,25+/m0/s1. The lowest BCUT2D eigenvalue weighted by atomic mass is 9.85. The zero-order valence-electron chi connectivity index (χ0n) is 27.8. The lowest BCUT2D eigenvalue weighted by molar-refractivity contribution is -0.144. The van der Waals surface area contributed by atoms with Crippen molar-refractivity contribution in [2.45, 2.75) is 101 Å². The molecule has 15 heteroatoms. The van der Waals surface area contributed by atoms with Gasteiger partial charge in [0.1, 0.15) is 22.3 Å². The van der Waals surface area contributed by atoms with Crippen molar-refractivity contribution in [1.29, 1.82) is 0 Å². The minimum Gasteiger partial charge on any atom is -0.344 e. The molecule has 0 spiro atoms. The van der Waals surface area contributed by atoms with Crippen LogP contribution in [0.1, 0.15) is 66.4 Å². The highest BCUT2D eigenvalue weighted by Crippen LogP contribution is 2.65. The number of urea groups is 1. The van der Waals surface area contributed by atoms with Gasteiger partial charge >= 0.3 is 6.03 Å². The van der Waals surface area contributed by atoms with Crippen molar-refractivity contribution in [3.63, 3.8) is 0 Å². The van der Waals surface area contributed by atoms with Gasteiger partial charge in [-0.2, -0.15) is 0 Å². The number of nitrogens with one attached hydrogen (secondary N) is 4. The number of amides is 5. The molecule has 1 aromatic carbocycles. The number of ketones is 1. The molecule has 2 saturated carbocycles. The monoisotopic (exact) mass is 713 g/mol. The van der Waals surface area contributed by atoms with Crippen LogP contribution < -0.4 is 21.3 Å². The maximum absolute atomic E-state index is 14.0. The molecular formula is C32H45Cl2N5O7S. The number of carbonyl (C=O) groups is 5. The highest BCUT2D eigenvalue weighted by Gasteiger charge is 2.74. The van der Waals surface area contributed by atoms with Crippen LogP contribution in [0.3, 0.4) is 0 Å². The van der Waals surface area contributed by atoms with Crippen LogP contribution in [0.25, 0.3) is 0 Å². The second-order valence-electron chi connectivity index (χ2n) is 15.1. The number of benzene rings is 1. The number of halogens is 2. The maximum atomic E-state index is 14.0. The number of rotatable bonds is 11. The van der Waals surface area contributed by atoms with Gasteiger partial charge in [0.05, 0.1) is 10.9 Å². The normalized spacial score (nSPS) is 23.2. The highest BCUT2D eigenvalue weighted by atomic mass is 35.5. The third-order valence-corrected chi connectivity index (χ3v) is 11.3. The summed E-state index contributed by atoms with van der Waals surface area (Å²) in [5.74, 6) is -5.12. The van der Waals surface area contributed by atoms with E-state index in [1.165, 1.54) is 17.0 Å². The van der Waals surface area contributed by atoms with E-state index in [9.17, 15) is 32.4 Å². The Morgan fingerprint density at radius 3 is 2.11 bits per heavy atom. The van der Waals surface area contributed by atoms with Gasteiger partial charge in [-0.15, -0.1) is 23.2 Å². The second kappa shape index (κ2) is 13.2. The van der Waals surface area contributed by atoms with Gasteiger partial charge in [-0.25, -0.2) is 13.2 Å². The molecule has 5 amide bonds. The topological polar surface area (TPSA) is 171 Å². The average Bonchev–Trinajstić information content (AvgIpc) is 3.79. The molecule has 0 radical (unpaired) electrons. The summed E-state index contributed by atoms with van der Waals surface area (Å²) >= 11 is 13.0. The summed E-state index contributed by atoms with van der Waals surface area (Å²) in [6, 6.07) is 2.07. The molecule has 0 unspecified atom stereocenters. The molecule has 12 nitrogen and oxygen atoms in total. The quantitative estimate of drug-likeness (QED) is 0.202. The SMILES string of the molecule is Cc1ccc(S(=O)(=O)CNC(=O)C(=O)[C@H](CC2CC2)NC(=O)[C@@H]2[C@@H]3[C@H](CN2C(=O)[C@@H](NC(=O)NC(C)(C)C)C(C)(C)C)C3(Cl)Cl)cc1. The molecule has 4 rings (SSSR count). The Kier molecular flexibility index (Phi) is 10.4. The summed E-state index contributed by atoms with van der Waals surface area (Å²) in [6.45, 7) is 12.6. The summed E-state index contributed by atoms with van der Waals surface area (Å²) in [7, 11) is -3.93. The molecule has 4 N–H and O–H groups in total. The highest BCUT2D eigenvalue weighted by molar-refractivity contribution is 7.91. The molecule has 2 aliphatic carbocycles. The number of hydrogen-bond acceptors (Lipinski definition) is 7. The van der Waals surface area contributed by atoms with Gasteiger partial charge in [-0.3, -0.25) is 19.2 Å². The first-order valence-electron chi connectivity index (χ1n) is 15.7. The Morgan fingerprint density at radius 1 is 0.979 bits per heavy atom. The molecule has 47 heavy (non-hydrogen) atoms. The number of likely N-dealkylation sites (tertiary alicyclic amines) is 1. The van der Waals surface area contributed by atoms with Gasteiger partial charge in [-0.1, -0.05) is 51.3 Å². The largest absolute Gasteiger partial charge is 0.344 e. The maximum Gasteiger partial charge on any atom is 0.315 e. The summed E-state index contributed by atoms with van der Waals surface area (Å²) in [5.41, 5.74) is -0.455. The van der Waals surface area contributed by atoms with Crippen molar-refractivity contribution in [3.05, 3.63) is 29.8 Å². The Labute approximate surface area is 286 Å². The third-order valence-electron chi connectivity index (χ3n) is 8.69. The number of fused-ring (bicyclic) bond motifs is 1. The Bertz CT molecular complexity index is 1530. The Hall–Kier alpha value is -2.90. The van der Waals surface area contributed by atoms with Crippen molar-refractivity contribution in [2.24, 2.45) is 23.2 Å². The lowest BCUT2D eigenvalue weighted by Gasteiger charge is -2.38. The molecular weight excluding hydrogens is 669 g/mol. The van der Waals surface area contributed by atoms with Crippen molar-refractivity contribution < 1.29 is 32.4 Å². The van der Waals surface area contributed by atoms with E-state index in [-0.39, 0.29) is 23.8 Å². The molecule has 5 atom stereocenters. The van der Waals surface area contributed by atoms with E-state index in [2.05, 4.69) is 21.3 Å². The van der Waals surface area contributed by atoms with Crippen molar-refractivity contribution in [3.8, 4) is 0 Å². The minimum absolute atomic E-state index is 0.00627. The van der Waals surface area contributed by atoms with Crippen LogP contribution >= 0.6 is 23.2 Å². The zero-order valence-corrected chi connectivity index (χ0v) is 30.1. The van der Waals surface area contributed by atoms with Crippen molar-refractivity contribution in [1.82, 2.24) is 26.2 Å². The van der Waals surface area contributed by atoms with Crippen LogP contribution in [0, 0.1) is 30.1 Å². The smallest absolute Gasteiger partial charge is 0.315 e. The van der Waals surface area contributed by atoms with E-state index in [1.54, 1.807) is 53.7 Å². The molecule has 260 valence electrons. The van der Waals surface area contributed by atoms with E-state index in [4.69, 9.17) is 23.2 Å². The third kappa shape index (κ3) is 8.77. The van der Waals surface area contributed by atoms with Gasteiger partial charge in [-0.05, 0) is 57.6 Å². The van der Waals surface area contributed by atoms with Crippen molar-refractivity contribution in [2.75, 3.05) is 12.4 Å². The van der Waals surface area contributed by atoms with Crippen LogP contribution in [0.5, 0.6) is 0 Å². The number of aryl methyl sites for hydroxylation is 1. The molecule has 0 aromatic heterocycles. The summed E-state index contributed by atoms with van der Waals surface area (Å²) in [4.78, 5) is 68.4. The van der Waals surface area contributed by atoms with Crippen LogP contribution in [-0.2, 0) is 29.0 Å². The van der Waals surface area contributed by atoms with Crippen LogP contribution in [0.4, 0.5) is 4.79 Å². The first-order valence-corrected chi connectivity index (χ1v) is 18.1. The molecule has 3 aliphatic rings. The average molecular weight is 715 g/mol. The molecule has 1 heterocycles. The molecule has 3 fully saturated rings. The first-order chi connectivity index (χ1) is 21.5. The first kappa shape index (κ1) is 36.9. The summed E-state index contributed by atoms with van der Waals surface area (Å²) in [6.07, 6.45) is 1.79. The molecule has 1 aromatic rings. The minimum atomic E-state index is -3.93. The van der Waals surface area contributed by atoms with Crippen LogP contribution in [0.2, 0.25) is 0 Å². The molecule has 1 aliphatic heterocycles. The van der Waals surface area contributed by atoms with Crippen LogP contribution in [-0.4, -0.2) is 83.3 Å². The van der Waals surface area contributed by atoms with E-state index < -0.39 is 90.5 Å². The molecule has 0 bridgehead atoms. The van der Waals surface area contributed by atoms with Gasteiger partial charge in [0.15, 0.2) is 9.84 Å². The predicted molar refractivity (Wildman–Crippen MR) is 177 cm³/mol. The fraction of sp³-hybridized carbons (Fsp3) is 0.656. The number of piperidine rings is 1. The molecule has 1 saturated heterocycles. The van der Waals surface area contributed by atoms with E-state index in [0.717, 1.165) is 18.4 Å². The van der Waals surface area contributed by atoms with Gasteiger partial charge in [0.2, 0.25) is 17.6 Å². The van der Waals surface area contributed by atoms with Crippen molar-refractivity contribution >= 4 is 62.6 Å². The van der Waals surface area contributed by atoms with E-state index >= 15 is 0 Å². The summed E-state index contributed by atoms with van der Waals surface area (Å²) < 4.78 is 24.2. The Balaban J connectivity index is 1.50. The number of hydrogen-bond donors (Lipinski definition) is 4. The fourth-order valence-corrected chi connectivity index (χ4v) is 7.73. The number of nitrogens with zero attached hydrogens (tertiary/aromatic N) is 1. The van der Waals surface area contributed by atoms with Crippen LogP contribution in [0.15, 0.2) is 29.2 Å². The van der Waals surface area contributed by atoms with Gasteiger partial charge < -0.3 is 26.2 Å². The van der Waals surface area contributed by atoms with E-state index in [0.29, 0.717) is 0 Å². The Morgan fingerprint density at radius 2 is 1.57 bits per heavy atom. The predicted octanol–water partition coefficient (Wildman–Crippen LogP) is 2.84. The van der Waals surface area contributed by atoms with Gasteiger partial charge in [0.25, 0.3) is 5.91 Å². The lowest BCUT2D eigenvalue weighted by Crippen LogP contribution is -2.62. The second-order valence-corrected chi connectivity index (χ2v) is 18.5. The number of sulfone groups is 1. The fourth-order valence-electron chi connectivity index (χ4n) is 5.87.